The predicted molar refractivity (Wildman–Crippen MR) is 95.0 cm³/mol. The van der Waals surface area contributed by atoms with Gasteiger partial charge < -0.3 is 11.1 Å². The standard InChI is InChI=1S/C6H15OSi.2C5H11O.Al/c1-4-8(7,5-2)6-3;2*1-2-3-4-5-6;/h4-6H2,1-3H3;2*2-5H2,1H3;/q3*-1;+3. The molecule has 0 aliphatic carbocycles. The number of rotatable bonds is 15. The van der Waals surface area contributed by atoms with Crippen molar-refractivity contribution in [2.24, 2.45) is 0 Å². The van der Waals surface area contributed by atoms with E-state index >= 15 is 0 Å². The van der Waals surface area contributed by atoms with Crippen LogP contribution in [0.5, 0.6) is 0 Å². The van der Waals surface area contributed by atoms with Gasteiger partial charge in [0.05, 0.1) is 0 Å². The molecular weight excluding hydrogens is 295 g/mol. The van der Waals surface area contributed by atoms with Gasteiger partial charge in [0, 0.05) is 13.2 Å². The summed E-state index contributed by atoms with van der Waals surface area (Å²) in [5.74, 6) is 0. The van der Waals surface area contributed by atoms with Gasteiger partial charge in [0.15, 0.2) is 8.32 Å². The molecule has 0 aliphatic rings. The van der Waals surface area contributed by atoms with Crippen LogP contribution in [0.1, 0.15) is 73.1 Å². The van der Waals surface area contributed by atoms with Crippen molar-refractivity contribution in [3.8, 4) is 0 Å². The zero-order valence-corrected chi connectivity index (χ0v) is 17.2. The van der Waals surface area contributed by atoms with Gasteiger partial charge in [0.1, 0.15) is 0 Å². The van der Waals surface area contributed by atoms with Crippen LogP contribution in [0.4, 0.5) is 0 Å². The fourth-order valence-electron chi connectivity index (χ4n) is 2.38. The van der Waals surface area contributed by atoms with Crippen molar-refractivity contribution in [3.05, 3.63) is 0 Å². The Morgan fingerprint density at radius 2 is 1.10 bits per heavy atom. The quantitative estimate of drug-likeness (QED) is 0.296. The van der Waals surface area contributed by atoms with E-state index in [-0.39, 0.29) is 0 Å². The van der Waals surface area contributed by atoms with E-state index in [4.69, 9.17) is 11.1 Å². The Labute approximate surface area is 139 Å². The van der Waals surface area contributed by atoms with E-state index in [9.17, 15) is 0 Å². The smallest absolute Gasteiger partial charge is 0.498 e. The second kappa shape index (κ2) is 14.2. The first-order valence-electron chi connectivity index (χ1n) is 9.08. The lowest BCUT2D eigenvalue weighted by Gasteiger charge is -2.31. The molecule has 0 N–H and O–H groups in total. The van der Waals surface area contributed by atoms with Gasteiger partial charge >= 0.3 is 15.1 Å². The predicted octanol–water partition coefficient (Wildman–Crippen LogP) is 5.41. The molecule has 0 fully saturated rings. The molecule has 5 heteroatoms. The third kappa shape index (κ3) is 10.1. The van der Waals surface area contributed by atoms with Gasteiger partial charge in [-0.15, -0.1) is 0 Å². The first kappa shape index (κ1) is 21.6. The molecular formula is C16H37AlO3Si. The van der Waals surface area contributed by atoms with Crippen molar-refractivity contribution in [3.63, 3.8) is 0 Å². The summed E-state index contributed by atoms with van der Waals surface area (Å²) in [7, 11) is -1.61. The van der Waals surface area contributed by atoms with Crippen LogP contribution < -0.4 is 0 Å². The van der Waals surface area contributed by atoms with E-state index in [1.54, 1.807) is 0 Å². The van der Waals surface area contributed by atoms with Crippen molar-refractivity contribution in [1.82, 2.24) is 0 Å². The molecule has 0 aromatic heterocycles. The Morgan fingerprint density at radius 3 is 1.43 bits per heavy atom. The Hall–Kier alpha value is 0.629. The minimum absolute atomic E-state index is 0.806. The molecule has 0 heterocycles. The van der Waals surface area contributed by atoms with Crippen LogP contribution in [0.2, 0.25) is 18.1 Å². The molecule has 0 radical (unpaired) electrons. The lowest BCUT2D eigenvalue weighted by atomic mass is 10.3. The first-order chi connectivity index (χ1) is 10.2. The maximum Gasteiger partial charge on any atom is 0.894 e. The molecule has 0 spiro atoms. The van der Waals surface area contributed by atoms with Crippen molar-refractivity contribution < 1.29 is 11.1 Å². The van der Waals surface area contributed by atoms with Crippen molar-refractivity contribution in [2.75, 3.05) is 13.2 Å². The Bertz CT molecular complexity index is 205. The summed E-state index contributed by atoms with van der Waals surface area (Å²) in [5, 5.41) is 0. The topological polar surface area (TPSA) is 27.7 Å². The highest BCUT2D eigenvalue weighted by molar-refractivity contribution is 6.78. The average molecular weight is 333 g/mol. The van der Waals surface area contributed by atoms with Crippen LogP contribution in [0, 0.1) is 0 Å². The Morgan fingerprint density at radius 1 is 0.667 bits per heavy atom. The molecule has 126 valence electrons. The maximum atomic E-state index is 6.48. The van der Waals surface area contributed by atoms with Gasteiger partial charge in [0.25, 0.3) is 0 Å². The highest BCUT2D eigenvalue weighted by Gasteiger charge is 2.40. The van der Waals surface area contributed by atoms with E-state index in [0.29, 0.717) is 0 Å². The number of hydrogen-bond donors (Lipinski definition) is 0. The van der Waals surface area contributed by atoms with Crippen molar-refractivity contribution >= 4 is 23.5 Å². The van der Waals surface area contributed by atoms with Crippen LogP contribution in [0.25, 0.3) is 0 Å². The summed E-state index contributed by atoms with van der Waals surface area (Å²) >= 11 is -1.94. The van der Waals surface area contributed by atoms with Gasteiger partial charge in [-0.2, -0.15) is 0 Å². The summed E-state index contributed by atoms with van der Waals surface area (Å²) in [6.07, 6.45) is 7.17. The molecule has 3 nitrogen and oxygen atoms in total. The first-order valence-corrected chi connectivity index (χ1v) is 13.0. The SMILES string of the molecule is CCCCC[O][Al]([O]CCCCC)[O][Si](CC)(CC)CC. The lowest BCUT2D eigenvalue weighted by molar-refractivity contribution is 0.132. The van der Waals surface area contributed by atoms with Gasteiger partial charge in [-0.1, -0.05) is 60.3 Å². The summed E-state index contributed by atoms with van der Waals surface area (Å²) in [4.78, 5) is 0. The van der Waals surface area contributed by atoms with Crippen LogP contribution in [0.15, 0.2) is 0 Å². The molecule has 0 aromatic rings. The van der Waals surface area contributed by atoms with Crippen LogP contribution in [-0.2, 0) is 11.1 Å². The van der Waals surface area contributed by atoms with Crippen molar-refractivity contribution in [1.29, 1.82) is 0 Å². The second-order valence-electron chi connectivity index (χ2n) is 5.81. The molecule has 0 atom stereocenters. The molecule has 0 saturated heterocycles. The van der Waals surface area contributed by atoms with Crippen LogP contribution in [-0.4, -0.2) is 36.7 Å². The summed E-state index contributed by atoms with van der Waals surface area (Å²) < 4.78 is 18.5. The maximum absolute atomic E-state index is 6.48. The summed E-state index contributed by atoms with van der Waals surface area (Å²) in [6, 6.07) is 3.50. The summed E-state index contributed by atoms with van der Waals surface area (Å²) in [6.45, 7) is 12.8. The fourth-order valence-corrected chi connectivity index (χ4v) is 8.88. The third-order valence-corrected chi connectivity index (χ3v) is 11.9. The Kier molecular flexibility index (Phi) is 14.7. The molecule has 0 saturated carbocycles. The molecule has 0 unspecified atom stereocenters. The summed E-state index contributed by atoms with van der Waals surface area (Å²) in [5.41, 5.74) is 0. The van der Waals surface area contributed by atoms with E-state index in [1.165, 1.54) is 43.8 Å². The van der Waals surface area contributed by atoms with Crippen molar-refractivity contribution in [2.45, 2.75) is 91.3 Å². The van der Waals surface area contributed by atoms with E-state index in [2.05, 4.69) is 34.6 Å². The van der Waals surface area contributed by atoms with Gasteiger partial charge in [-0.05, 0) is 31.0 Å². The molecule has 21 heavy (non-hydrogen) atoms. The van der Waals surface area contributed by atoms with Crippen LogP contribution in [0.3, 0.4) is 0 Å². The molecule has 0 rings (SSSR count). The highest BCUT2D eigenvalue weighted by Crippen LogP contribution is 2.23. The highest BCUT2D eigenvalue weighted by atomic mass is 28.4. The van der Waals surface area contributed by atoms with E-state index in [1.807, 2.05) is 0 Å². The fraction of sp³-hybridized carbons (Fsp3) is 1.00. The van der Waals surface area contributed by atoms with Gasteiger partial charge in [-0.25, -0.2) is 0 Å². The normalized spacial score (nSPS) is 11.9. The minimum Gasteiger partial charge on any atom is -0.498 e. The second-order valence-corrected chi connectivity index (χ2v) is 12.5. The van der Waals surface area contributed by atoms with Crippen LogP contribution >= 0.6 is 0 Å². The number of unbranched alkanes of at least 4 members (excludes halogenated alkanes) is 4. The molecule has 0 aliphatic heterocycles. The van der Waals surface area contributed by atoms with E-state index in [0.717, 1.165) is 26.1 Å². The zero-order valence-electron chi connectivity index (χ0n) is 15.1. The Balaban J connectivity index is 4.32. The number of hydrogen-bond acceptors (Lipinski definition) is 3. The van der Waals surface area contributed by atoms with Gasteiger partial charge in [0.2, 0.25) is 0 Å². The molecule has 0 aromatic carbocycles. The average Bonchev–Trinajstić information content (AvgIpc) is 2.52. The third-order valence-electron chi connectivity index (χ3n) is 4.28. The van der Waals surface area contributed by atoms with Gasteiger partial charge in [-0.3, -0.25) is 0 Å². The molecule has 0 amide bonds. The zero-order chi connectivity index (χ0) is 16.0. The van der Waals surface area contributed by atoms with E-state index < -0.39 is 23.5 Å². The monoisotopic (exact) mass is 332 g/mol. The molecule has 0 bridgehead atoms. The minimum atomic E-state index is -1.94. The lowest BCUT2D eigenvalue weighted by Crippen LogP contribution is -2.44. The largest absolute Gasteiger partial charge is 0.894 e.